The van der Waals surface area contributed by atoms with Crippen molar-refractivity contribution in [2.45, 2.75) is 16.5 Å². The Kier molecular flexibility index (Phi) is 7.25. The van der Waals surface area contributed by atoms with Crippen molar-refractivity contribution in [1.29, 1.82) is 0 Å². The molecule has 0 unspecified atom stereocenters. The Labute approximate surface area is 194 Å². The van der Waals surface area contributed by atoms with E-state index in [1.807, 2.05) is 84.2 Å². The Morgan fingerprint density at radius 3 is 2.55 bits per heavy atom. The Morgan fingerprint density at radius 2 is 1.77 bits per heavy atom. The second-order valence-corrected chi connectivity index (χ2v) is 9.20. The number of aromatic nitrogens is 1. The molecule has 4 rings (SSSR count). The van der Waals surface area contributed by atoms with Gasteiger partial charge in [-0.1, -0.05) is 53.7 Å². The number of halogens is 1. The molecular weight excluding hydrogens is 448 g/mol. The lowest BCUT2D eigenvalue weighted by molar-refractivity contribution is -0.115. The predicted molar refractivity (Wildman–Crippen MR) is 128 cm³/mol. The summed E-state index contributed by atoms with van der Waals surface area (Å²) in [6, 6.07) is 24.7. The van der Waals surface area contributed by atoms with Gasteiger partial charge in [-0.15, -0.1) is 11.3 Å². The zero-order valence-corrected chi connectivity index (χ0v) is 18.8. The quantitative estimate of drug-likeness (QED) is 0.282. The van der Waals surface area contributed by atoms with E-state index in [4.69, 9.17) is 16.3 Å². The van der Waals surface area contributed by atoms with Gasteiger partial charge in [-0.3, -0.25) is 4.79 Å². The van der Waals surface area contributed by atoms with E-state index in [0.29, 0.717) is 5.75 Å². The molecule has 1 heterocycles. The van der Waals surface area contributed by atoms with Crippen LogP contribution in [0.4, 0.5) is 5.69 Å². The molecule has 31 heavy (non-hydrogen) atoms. The van der Waals surface area contributed by atoms with Crippen molar-refractivity contribution < 1.29 is 9.53 Å². The Bertz CT molecular complexity index is 1150. The molecule has 7 heteroatoms. The third-order valence-electron chi connectivity index (χ3n) is 4.24. The van der Waals surface area contributed by atoms with Gasteiger partial charge in [0.05, 0.1) is 12.1 Å². The minimum atomic E-state index is -0.103. The minimum Gasteiger partial charge on any atom is -0.457 e. The van der Waals surface area contributed by atoms with Crippen molar-refractivity contribution in [3.63, 3.8) is 0 Å². The first-order valence-electron chi connectivity index (χ1n) is 9.58. The number of amides is 1. The van der Waals surface area contributed by atoms with Gasteiger partial charge in [0.1, 0.15) is 15.8 Å². The van der Waals surface area contributed by atoms with Gasteiger partial charge in [-0.05, 0) is 54.1 Å². The molecule has 4 aromatic rings. The smallest absolute Gasteiger partial charge is 0.230 e. The van der Waals surface area contributed by atoms with E-state index in [1.165, 1.54) is 0 Å². The van der Waals surface area contributed by atoms with E-state index in [0.717, 1.165) is 37.8 Å². The summed E-state index contributed by atoms with van der Waals surface area (Å²) in [6.45, 7) is 0. The first kappa shape index (κ1) is 21.4. The van der Waals surface area contributed by atoms with Crippen LogP contribution >= 0.6 is 34.7 Å². The summed E-state index contributed by atoms with van der Waals surface area (Å²) in [5.41, 5.74) is 2.63. The van der Waals surface area contributed by atoms with Crippen LogP contribution in [-0.4, -0.2) is 10.9 Å². The normalized spacial score (nSPS) is 10.6. The Hall–Kier alpha value is -2.80. The van der Waals surface area contributed by atoms with Crippen molar-refractivity contribution in [2.75, 3.05) is 5.32 Å². The number of thioether (sulfide) groups is 1. The summed E-state index contributed by atoms with van der Waals surface area (Å²) >= 11 is 9.21. The van der Waals surface area contributed by atoms with Crippen LogP contribution in [-0.2, 0) is 17.0 Å². The molecule has 0 saturated heterocycles. The number of carbonyl (C=O) groups excluding carboxylic acids is 1. The van der Waals surface area contributed by atoms with Crippen LogP contribution < -0.4 is 10.1 Å². The minimum absolute atomic E-state index is 0.103. The number of rotatable bonds is 8. The second kappa shape index (κ2) is 10.5. The maximum Gasteiger partial charge on any atom is 0.230 e. The molecule has 4 nitrogen and oxygen atoms in total. The van der Waals surface area contributed by atoms with Crippen molar-refractivity contribution in [3.8, 4) is 11.5 Å². The maximum absolute atomic E-state index is 12.4. The highest BCUT2D eigenvalue weighted by molar-refractivity contribution is 8.00. The van der Waals surface area contributed by atoms with E-state index in [-0.39, 0.29) is 12.3 Å². The average molecular weight is 467 g/mol. The summed E-state index contributed by atoms with van der Waals surface area (Å²) in [5.74, 6) is 2.17. The number of hydrogen-bond acceptors (Lipinski definition) is 5. The van der Waals surface area contributed by atoms with Gasteiger partial charge in [-0.2, -0.15) is 0 Å². The summed E-state index contributed by atoms with van der Waals surface area (Å²) < 4.78 is 6.70. The molecule has 0 aliphatic heterocycles. The molecule has 0 spiro atoms. The lowest BCUT2D eigenvalue weighted by Gasteiger charge is -2.07. The van der Waals surface area contributed by atoms with Gasteiger partial charge in [0.15, 0.2) is 0 Å². The van der Waals surface area contributed by atoms with E-state index in [2.05, 4.69) is 10.3 Å². The fraction of sp³-hybridized carbons (Fsp3) is 0.0833. The molecule has 1 N–H and O–H groups in total. The maximum atomic E-state index is 12.4. The number of para-hydroxylation sites is 1. The lowest BCUT2D eigenvalue weighted by atomic mass is 10.2. The molecule has 1 amide bonds. The summed E-state index contributed by atoms with van der Waals surface area (Å²) in [4.78, 5) is 16.9. The highest BCUT2D eigenvalue weighted by Crippen LogP contribution is 2.27. The van der Waals surface area contributed by atoms with E-state index >= 15 is 0 Å². The van der Waals surface area contributed by atoms with Crippen LogP contribution in [0.1, 0.15) is 11.3 Å². The molecule has 0 aliphatic rings. The monoisotopic (exact) mass is 466 g/mol. The van der Waals surface area contributed by atoms with Gasteiger partial charge < -0.3 is 10.1 Å². The molecule has 0 aliphatic carbocycles. The molecule has 0 saturated carbocycles. The highest BCUT2D eigenvalue weighted by Gasteiger charge is 2.09. The summed E-state index contributed by atoms with van der Waals surface area (Å²) in [6.07, 6.45) is 0.233. The fourth-order valence-electron chi connectivity index (χ4n) is 2.81. The van der Waals surface area contributed by atoms with Gasteiger partial charge in [0, 0.05) is 21.8 Å². The average Bonchev–Trinajstić information content (AvgIpc) is 3.21. The highest BCUT2D eigenvalue weighted by atomic mass is 35.5. The van der Waals surface area contributed by atoms with Crippen molar-refractivity contribution in [1.82, 2.24) is 4.98 Å². The zero-order valence-electron chi connectivity index (χ0n) is 16.5. The van der Waals surface area contributed by atoms with Gasteiger partial charge in [-0.25, -0.2) is 4.98 Å². The molecular formula is C24H19ClN2O2S2. The van der Waals surface area contributed by atoms with Gasteiger partial charge in [0.2, 0.25) is 5.91 Å². The van der Waals surface area contributed by atoms with Gasteiger partial charge >= 0.3 is 0 Å². The van der Waals surface area contributed by atoms with Crippen LogP contribution in [0.3, 0.4) is 0 Å². The van der Waals surface area contributed by atoms with Crippen LogP contribution in [0.15, 0.2) is 88.6 Å². The third-order valence-corrected chi connectivity index (χ3v) is 6.62. The Morgan fingerprint density at radius 1 is 1.00 bits per heavy atom. The van der Waals surface area contributed by atoms with E-state index in [1.54, 1.807) is 23.1 Å². The number of nitrogens with one attached hydrogen (secondary N) is 1. The van der Waals surface area contributed by atoms with E-state index in [9.17, 15) is 4.79 Å². The third kappa shape index (κ3) is 6.59. The summed E-state index contributed by atoms with van der Waals surface area (Å²) in [7, 11) is 0. The van der Waals surface area contributed by atoms with Crippen LogP contribution in [0.2, 0.25) is 5.02 Å². The number of thiazole rings is 1. The first-order chi connectivity index (χ1) is 15.1. The predicted octanol–water partition coefficient (Wildman–Crippen LogP) is 7.06. The first-order valence-corrected chi connectivity index (χ1v) is 11.8. The van der Waals surface area contributed by atoms with Crippen LogP contribution in [0.5, 0.6) is 11.5 Å². The number of carbonyl (C=O) groups is 1. The fourth-order valence-corrected chi connectivity index (χ4v) is 4.81. The van der Waals surface area contributed by atoms with Crippen LogP contribution in [0, 0.1) is 0 Å². The van der Waals surface area contributed by atoms with Gasteiger partial charge in [0.25, 0.3) is 0 Å². The van der Waals surface area contributed by atoms with Crippen molar-refractivity contribution in [2.24, 2.45) is 0 Å². The Balaban J connectivity index is 1.27. The lowest BCUT2D eigenvalue weighted by Crippen LogP contribution is -2.14. The topological polar surface area (TPSA) is 51.2 Å². The molecule has 156 valence electrons. The largest absolute Gasteiger partial charge is 0.457 e. The molecule has 0 fully saturated rings. The molecule has 0 atom stereocenters. The number of nitrogens with zero attached hydrogens (tertiary/aromatic N) is 1. The molecule has 0 radical (unpaired) electrons. The molecule has 0 bridgehead atoms. The second-order valence-electron chi connectivity index (χ2n) is 6.69. The zero-order chi connectivity index (χ0) is 21.5. The van der Waals surface area contributed by atoms with Crippen LogP contribution in [0.25, 0.3) is 0 Å². The standard InChI is InChI=1S/C24H19ClN2O2S2/c25-18-6-4-5-17(13-18)15-30-24-27-20(16-31-24)14-23(28)26-19-9-11-22(12-10-19)29-21-7-2-1-3-8-21/h1-13,16H,14-15H2,(H,26,28). The van der Waals surface area contributed by atoms with Crippen molar-refractivity contribution in [3.05, 3.63) is 101 Å². The SMILES string of the molecule is O=C(Cc1csc(SCc2cccc(Cl)c2)n1)Nc1ccc(Oc2ccccc2)cc1. The summed E-state index contributed by atoms with van der Waals surface area (Å²) in [5, 5.41) is 5.56. The number of anilines is 1. The number of benzene rings is 3. The number of hydrogen-bond donors (Lipinski definition) is 1. The van der Waals surface area contributed by atoms with E-state index < -0.39 is 0 Å². The van der Waals surface area contributed by atoms with Crippen molar-refractivity contribution >= 4 is 46.3 Å². The molecule has 3 aromatic carbocycles. The number of ether oxygens (including phenoxy) is 1. The molecule has 1 aromatic heterocycles.